The molecule has 3 aromatic heterocycles. The van der Waals surface area contributed by atoms with Crippen LogP contribution in [0.1, 0.15) is 17.1 Å². The maximum absolute atomic E-state index is 9.07. The SMILES string of the molecule is OCCn1ncc2c1CN(Cc1nc(-c3cccnc3)no1)C2. The van der Waals surface area contributed by atoms with Crippen molar-refractivity contribution in [2.75, 3.05) is 6.61 Å². The minimum absolute atomic E-state index is 0.0895. The highest BCUT2D eigenvalue weighted by Crippen LogP contribution is 2.24. The monoisotopic (exact) mass is 312 g/mol. The quantitative estimate of drug-likeness (QED) is 0.746. The van der Waals surface area contributed by atoms with E-state index < -0.39 is 0 Å². The van der Waals surface area contributed by atoms with Crippen molar-refractivity contribution >= 4 is 0 Å². The third kappa shape index (κ3) is 2.73. The fourth-order valence-corrected chi connectivity index (χ4v) is 2.80. The van der Waals surface area contributed by atoms with Crippen LogP contribution in [0.15, 0.2) is 35.2 Å². The number of fused-ring (bicyclic) bond motifs is 1. The summed E-state index contributed by atoms with van der Waals surface area (Å²) in [5.41, 5.74) is 3.17. The van der Waals surface area contributed by atoms with Gasteiger partial charge in [-0.2, -0.15) is 10.1 Å². The lowest BCUT2D eigenvalue weighted by molar-refractivity contribution is 0.222. The van der Waals surface area contributed by atoms with E-state index in [9.17, 15) is 0 Å². The van der Waals surface area contributed by atoms with E-state index in [-0.39, 0.29) is 6.61 Å². The van der Waals surface area contributed by atoms with E-state index in [1.54, 1.807) is 12.4 Å². The first-order valence-corrected chi connectivity index (χ1v) is 7.43. The summed E-state index contributed by atoms with van der Waals surface area (Å²) in [6.07, 6.45) is 5.28. The van der Waals surface area contributed by atoms with Gasteiger partial charge in [-0.05, 0) is 12.1 Å². The Balaban J connectivity index is 1.45. The Morgan fingerprint density at radius 1 is 1.26 bits per heavy atom. The van der Waals surface area contributed by atoms with Gasteiger partial charge in [0.1, 0.15) is 0 Å². The summed E-state index contributed by atoms with van der Waals surface area (Å²) in [5, 5.41) is 17.4. The maximum atomic E-state index is 9.07. The molecule has 4 rings (SSSR count). The average Bonchev–Trinajstić information content (AvgIpc) is 3.27. The minimum atomic E-state index is 0.0895. The first-order chi connectivity index (χ1) is 11.3. The van der Waals surface area contributed by atoms with Gasteiger partial charge in [-0.25, -0.2) is 0 Å². The number of aromatic nitrogens is 5. The van der Waals surface area contributed by atoms with Crippen molar-refractivity contribution in [3.05, 3.63) is 47.9 Å². The molecule has 1 aliphatic rings. The van der Waals surface area contributed by atoms with E-state index in [1.807, 2.05) is 23.0 Å². The van der Waals surface area contributed by atoms with Gasteiger partial charge in [0.15, 0.2) is 0 Å². The van der Waals surface area contributed by atoms with Gasteiger partial charge in [0.25, 0.3) is 0 Å². The summed E-state index contributed by atoms with van der Waals surface area (Å²) in [4.78, 5) is 10.7. The Labute approximate surface area is 132 Å². The number of aliphatic hydroxyl groups is 1. The number of nitrogens with zero attached hydrogens (tertiary/aromatic N) is 6. The highest BCUT2D eigenvalue weighted by molar-refractivity contribution is 5.51. The van der Waals surface area contributed by atoms with Gasteiger partial charge >= 0.3 is 0 Å². The number of rotatable bonds is 5. The van der Waals surface area contributed by atoms with Gasteiger partial charge in [-0.3, -0.25) is 14.6 Å². The molecule has 1 N–H and O–H groups in total. The summed E-state index contributed by atoms with van der Waals surface area (Å²) in [7, 11) is 0. The maximum Gasteiger partial charge on any atom is 0.241 e. The number of hydrogen-bond acceptors (Lipinski definition) is 7. The third-order valence-corrected chi connectivity index (χ3v) is 3.86. The first kappa shape index (κ1) is 14.0. The van der Waals surface area contributed by atoms with E-state index in [0.717, 1.165) is 24.3 Å². The van der Waals surface area contributed by atoms with Gasteiger partial charge in [-0.1, -0.05) is 5.16 Å². The normalized spacial score (nSPS) is 14.3. The zero-order valence-corrected chi connectivity index (χ0v) is 12.5. The van der Waals surface area contributed by atoms with Crippen molar-refractivity contribution in [3.8, 4) is 11.4 Å². The predicted molar refractivity (Wildman–Crippen MR) is 79.8 cm³/mol. The van der Waals surface area contributed by atoms with Crippen LogP contribution < -0.4 is 0 Å². The predicted octanol–water partition coefficient (Wildman–Crippen LogP) is 0.836. The molecule has 0 saturated carbocycles. The molecule has 118 valence electrons. The van der Waals surface area contributed by atoms with Crippen molar-refractivity contribution in [2.24, 2.45) is 0 Å². The van der Waals surface area contributed by atoms with Crippen LogP contribution in [0.4, 0.5) is 0 Å². The third-order valence-electron chi connectivity index (χ3n) is 3.86. The smallest absolute Gasteiger partial charge is 0.241 e. The molecule has 0 saturated heterocycles. The Bertz CT molecular complexity index is 797. The van der Waals surface area contributed by atoms with Crippen molar-refractivity contribution in [1.29, 1.82) is 0 Å². The second-order valence-electron chi connectivity index (χ2n) is 5.46. The van der Waals surface area contributed by atoms with E-state index in [4.69, 9.17) is 9.63 Å². The van der Waals surface area contributed by atoms with Crippen molar-refractivity contribution < 1.29 is 9.63 Å². The second-order valence-corrected chi connectivity index (χ2v) is 5.46. The lowest BCUT2D eigenvalue weighted by Gasteiger charge is -2.12. The van der Waals surface area contributed by atoms with Crippen LogP contribution in [0.25, 0.3) is 11.4 Å². The lowest BCUT2D eigenvalue weighted by atomic mass is 10.3. The molecular weight excluding hydrogens is 296 g/mol. The molecule has 3 aromatic rings. The Hall–Kier alpha value is -2.58. The van der Waals surface area contributed by atoms with Crippen LogP contribution in [0, 0.1) is 0 Å². The highest BCUT2D eigenvalue weighted by atomic mass is 16.5. The number of aliphatic hydroxyl groups excluding tert-OH is 1. The molecule has 1 aliphatic heterocycles. The van der Waals surface area contributed by atoms with Gasteiger partial charge in [0.2, 0.25) is 11.7 Å². The van der Waals surface area contributed by atoms with Gasteiger partial charge in [-0.15, -0.1) is 0 Å². The van der Waals surface area contributed by atoms with Crippen LogP contribution >= 0.6 is 0 Å². The van der Waals surface area contributed by atoms with Crippen molar-refractivity contribution in [1.82, 2.24) is 29.8 Å². The molecule has 8 nitrogen and oxygen atoms in total. The van der Waals surface area contributed by atoms with E-state index in [2.05, 4.69) is 25.1 Å². The molecule has 0 bridgehead atoms. The lowest BCUT2D eigenvalue weighted by Crippen LogP contribution is -2.18. The Morgan fingerprint density at radius 2 is 2.22 bits per heavy atom. The summed E-state index contributed by atoms with van der Waals surface area (Å²) in [6, 6.07) is 3.74. The Morgan fingerprint density at radius 3 is 3.04 bits per heavy atom. The van der Waals surface area contributed by atoms with E-state index in [1.165, 1.54) is 5.56 Å². The molecule has 23 heavy (non-hydrogen) atoms. The first-order valence-electron chi connectivity index (χ1n) is 7.43. The molecule has 0 aromatic carbocycles. The molecule has 4 heterocycles. The molecule has 0 unspecified atom stereocenters. The van der Waals surface area contributed by atoms with Crippen LogP contribution in [0.2, 0.25) is 0 Å². The fraction of sp³-hybridized carbons (Fsp3) is 0.333. The number of hydrogen-bond donors (Lipinski definition) is 1. The molecule has 0 aliphatic carbocycles. The summed E-state index contributed by atoms with van der Waals surface area (Å²) in [5.74, 6) is 1.13. The minimum Gasteiger partial charge on any atom is -0.394 e. The van der Waals surface area contributed by atoms with Crippen LogP contribution in [0.3, 0.4) is 0 Å². The van der Waals surface area contributed by atoms with Crippen molar-refractivity contribution in [3.63, 3.8) is 0 Å². The molecule has 0 radical (unpaired) electrons. The molecule has 8 heteroatoms. The van der Waals surface area contributed by atoms with Gasteiger partial charge in [0, 0.05) is 36.6 Å². The summed E-state index contributed by atoms with van der Waals surface area (Å²) < 4.78 is 7.19. The highest BCUT2D eigenvalue weighted by Gasteiger charge is 2.25. The van der Waals surface area contributed by atoms with E-state index >= 15 is 0 Å². The topological polar surface area (TPSA) is 93.1 Å². The Kier molecular flexibility index (Phi) is 3.60. The van der Waals surface area contributed by atoms with Crippen LogP contribution in [-0.2, 0) is 26.2 Å². The summed E-state index contributed by atoms with van der Waals surface area (Å²) >= 11 is 0. The molecular formula is C15H16N6O2. The molecule has 0 atom stereocenters. The fourth-order valence-electron chi connectivity index (χ4n) is 2.80. The van der Waals surface area contributed by atoms with E-state index in [0.29, 0.717) is 24.8 Å². The van der Waals surface area contributed by atoms with Gasteiger partial charge < -0.3 is 9.63 Å². The second kappa shape index (κ2) is 5.90. The van der Waals surface area contributed by atoms with Crippen LogP contribution in [-0.4, -0.2) is 41.5 Å². The number of pyridine rings is 1. The average molecular weight is 312 g/mol. The van der Waals surface area contributed by atoms with Crippen LogP contribution in [0.5, 0.6) is 0 Å². The standard InChI is InChI=1S/C15H16N6O2/c22-5-4-21-13-9-20(8-12(13)7-17-21)10-14-18-15(19-23-14)11-2-1-3-16-6-11/h1-3,6-7,22H,4-5,8-10H2. The molecule has 0 fully saturated rings. The van der Waals surface area contributed by atoms with Crippen molar-refractivity contribution in [2.45, 2.75) is 26.2 Å². The summed E-state index contributed by atoms with van der Waals surface area (Å²) in [6.45, 7) is 2.76. The molecule has 0 spiro atoms. The largest absolute Gasteiger partial charge is 0.394 e. The zero-order valence-electron chi connectivity index (χ0n) is 12.5. The zero-order chi connectivity index (χ0) is 15.6. The molecule has 0 amide bonds. The van der Waals surface area contributed by atoms with Gasteiger partial charge in [0.05, 0.1) is 31.6 Å².